The maximum absolute atomic E-state index is 11.9. The molecule has 0 spiro atoms. The van der Waals surface area contributed by atoms with E-state index in [4.69, 9.17) is 10.5 Å². The lowest BCUT2D eigenvalue weighted by molar-refractivity contribution is -0.142. The van der Waals surface area contributed by atoms with Gasteiger partial charge in [0, 0.05) is 18.6 Å². The second kappa shape index (κ2) is 3.21. The molecule has 2 aliphatic rings. The van der Waals surface area contributed by atoms with Crippen molar-refractivity contribution in [2.45, 2.75) is 31.9 Å². The molecule has 0 bridgehead atoms. The SMILES string of the molecule is CC1CC(C(=O)N2CC(C)(N)C2)CO1. The minimum atomic E-state index is -0.166. The van der Waals surface area contributed by atoms with E-state index in [1.807, 2.05) is 18.7 Å². The lowest BCUT2D eigenvalue weighted by Gasteiger charge is -2.46. The van der Waals surface area contributed by atoms with E-state index >= 15 is 0 Å². The number of ether oxygens (including phenoxy) is 1. The summed E-state index contributed by atoms with van der Waals surface area (Å²) >= 11 is 0. The average molecular weight is 198 g/mol. The summed E-state index contributed by atoms with van der Waals surface area (Å²) in [5, 5.41) is 0. The molecule has 1 amide bonds. The molecule has 80 valence electrons. The number of amides is 1. The van der Waals surface area contributed by atoms with Crippen LogP contribution in [-0.2, 0) is 9.53 Å². The Kier molecular flexibility index (Phi) is 2.27. The lowest BCUT2D eigenvalue weighted by Crippen LogP contribution is -2.67. The van der Waals surface area contributed by atoms with Crippen LogP contribution in [-0.4, -0.2) is 42.1 Å². The molecule has 0 aromatic carbocycles. The third-order valence-electron chi connectivity index (χ3n) is 2.96. The summed E-state index contributed by atoms with van der Waals surface area (Å²) in [4.78, 5) is 13.7. The normalized spacial score (nSPS) is 35.5. The fourth-order valence-corrected chi connectivity index (χ4v) is 2.23. The standard InChI is InChI=1S/C10H18N2O2/c1-7-3-8(4-14-7)9(13)12-5-10(2,11)6-12/h7-8H,3-6,11H2,1-2H3. The topological polar surface area (TPSA) is 55.6 Å². The van der Waals surface area contributed by atoms with Gasteiger partial charge < -0.3 is 15.4 Å². The Morgan fingerprint density at radius 2 is 2.21 bits per heavy atom. The number of nitrogens with zero attached hydrogens (tertiary/aromatic N) is 1. The van der Waals surface area contributed by atoms with Crippen LogP contribution in [0.2, 0.25) is 0 Å². The van der Waals surface area contributed by atoms with Crippen molar-refractivity contribution in [1.82, 2.24) is 4.90 Å². The zero-order valence-electron chi connectivity index (χ0n) is 8.82. The van der Waals surface area contributed by atoms with Crippen LogP contribution in [0, 0.1) is 5.92 Å². The van der Waals surface area contributed by atoms with Gasteiger partial charge in [-0.15, -0.1) is 0 Å². The predicted molar refractivity (Wildman–Crippen MR) is 52.7 cm³/mol. The summed E-state index contributed by atoms with van der Waals surface area (Å²) in [7, 11) is 0. The summed E-state index contributed by atoms with van der Waals surface area (Å²) in [6, 6.07) is 0. The van der Waals surface area contributed by atoms with Crippen molar-refractivity contribution in [1.29, 1.82) is 0 Å². The third-order valence-corrected chi connectivity index (χ3v) is 2.96. The zero-order chi connectivity index (χ0) is 10.3. The van der Waals surface area contributed by atoms with Crippen molar-refractivity contribution in [3.63, 3.8) is 0 Å². The van der Waals surface area contributed by atoms with E-state index in [1.54, 1.807) is 0 Å². The van der Waals surface area contributed by atoms with E-state index in [9.17, 15) is 4.79 Å². The van der Waals surface area contributed by atoms with Gasteiger partial charge in [0.2, 0.25) is 5.91 Å². The molecule has 2 atom stereocenters. The van der Waals surface area contributed by atoms with E-state index in [0.29, 0.717) is 19.7 Å². The highest BCUT2D eigenvalue weighted by Gasteiger charge is 2.41. The molecule has 0 aliphatic carbocycles. The quantitative estimate of drug-likeness (QED) is 0.644. The molecule has 4 heteroatoms. The molecular weight excluding hydrogens is 180 g/mol. The number of likely N-dealkylation sites (tertiary alicyclic amines) is 1. The van der Waals surface area contributed by atoms with Gasteiger partial charge in [0.1, 0.15) is 0 Å². The molecule has 2 aliphatic heterocycles. The Labute approximate surface area is 84.4 Å². The maximum atomic E-state index is 11.9. The highest BCUT2D eigenvalue weighted by molar-refractivity contribution is 5.80. The monoisotopic (exact) mass is 198 g/mol. The number of rotatable bonds is 1. The number of carbonyl (C=O) groups excluding carboxylic acids is 1. The van der Waals surface area contributed by atoms with Gasteiger partial charge in [-0.05, 0) is 20.3 Å². The highest BCUT2D eigenvalue weighted by atomic mass is 16.5. The van der Waals surface area contributed by atoms with Gasteiger partial charge in [0.05, 0.1) is 18.6 Å². The van der Waals surface area contributed by atoms with Crippen LogP contribution in [0.15, 0.2) is 0 Å². The Bertz CT molecular complexity index is 245. The van der Waals surface area contributed by atoms with Crippen molar-refractivity contribution in [3.8, 4) is 0 Å². The van der Waals surface area contributed by atoms with Crippen molar-refractivity contribution >= 4 is 5.91 Å². The largest absolute Gasteiger partial charge is 0.378 e. The van der Waals surface area contributed by atoms with Gasteiger partial charge in [0.25, 0.3) is 0 Å². The maximum Gasteiger partial charge on any atom is 0.228 e. The molecule has 2 saturated heterocycles. The molecule has 0 aromatic rings. The molecule has 2 N–H and O–H groups in total. The molecule has 0 aromatic heterocycles. The van der Waals surface area contributed by atoms with Crippen LogP contribution in [0.5, 0.6) is 0 Å². The van der Waals surface area contributed by atoms with Gasteiger partial charge >= 0.3 is 0 Å². The Balaban J connectivity index is 1.85. The van der Waals surface area contributed by atoms with Crippen molar-refractivity contribution in [3.05, 3.63) is 0 Å². The molecule has 2 fully saturated rings. The first-order chi connectivity index (χ1) is 6.48. The van der Waals surface area contributed by atoms with E-state index in [0.717, 1.165) is 6.42 Å². The smallest absolute Gasteiger partial charge is 0.228 e. The van der Waals surface area contributed by atoms with E-state index in [-0.39, 0.29) is 23.5 Å². The van der Waals surface area contributed by atoms with Gasteiger partial charge in [-0.2, -0.15) is 0 Å². The van der Waals surface area contributed by atoms with Gasteiger partial charge in [-0.1, -0.05) is 0 Å². The fourth-order valence-electron chi connectivity index (χ4n) is 2.23. The average Bonchev–Trinajstić information content (AvgIpc) is 2.46. The van der Waals surface area contributed by atoms with Crippen molar-refractivity contribution < 1.29 is 9.53 Å². The summed E-state index contributed by atoms with van der Waals surface area (Å²) < 4.78 is 5.38. The van der Waals surface area contributed by atoms with Crippen molar-refractivity contribution in [2.75, 3.05) is 19.7 Å². The van der Waals surface area contributed by atoms with Crippen LogP contribution in [0.3, 0.4) is 0 Å². The molecule has 4 nitrogen and oxygen atoms in total. The predicted octanol–water partition coefficient (Wildman–Crippen LogP) is -0.0290. The molecule has 14 heavy (non-hydrogen) atoms. The number of nitrogens with two attached hydrogens (primary N) is 1. The van der Waals surface area contributed by atoms with Gasteiger partial charge in [-0.3, -0.25) is 4.79 Å². The molecule has 2 unspecified atom stereocenters. The molecule has 0 radical (unpaired) electrons. The summed E-state index contributed by atoms with van der Waals surface area (Å²) in [5.74, 6) is 0.290. The minimum Gasteiger partial charge on any atom is -0.378 e. The summed E-state index contributed by atoms with van der Waals surface area (Å²) in [6.07, 6.45) is 1.09. The summed E-state index contributed by atoms with van der Waals surface area (Å²) in [6.45, 7) is 5.95. The Morgan fingerprint density at radius 1 is 1.57 bits per heavy atom. The minimum absolute atomic E-state index is 0.0705. The van der Waals surface area contributed by atoms with E-state index in [1.165, 1.54) is 0 Å². The fraction of sp³-hybridized carbons (Fsp3) is 0.900. The van der Waals surface area contributed by atoms with E-state index in [2.05, 4.69) is 0 Å². The number of hydrogen-bond acceptors (Lipinski definition) is 3. The van der Waals surface area contributed by atoms with Gasteiger partial charge in [-0.25, -0.2) is 0 Å². The molecule has 0 saturated carbocycles. The van der Waals surface area contributed by atoms with Crippen LogP contribution < -0.4 is 5.73 Å². The first-order valence-corrected chi connectivity index (χ1v) is 5.17. The first kappa shape index (κ1) is 9.93. The van der Waals surface area contributed by atoms with Crippen LogP contribution in [0.4, 0.5) is 0 Å². The van der Waals surface area contributed by atoms with Crippen LogP contribution in [0.1, 0.15) is 20.3 Å². The molecular formula is C10H18N2O2. The second-order valence-electron chi connectivity index (χ2n) is 4.92. The second-order valence-corrected chi connectivity index (χ2v) is 4.92. The van der Waals surface area contributed by atoms with Crippen molar-refractivity contribution in [2.24, 2.45) is 11.7 Å². The van der Waals surface area contributed by atoms with E-state index < -0.39 is 0 Å². The first-order valence-electron chi connectivity index (χ1n) is 5.17. The Hall–Kier alpha value is -0.610. The lowest BCUT2D eigenvalue weighted by atomic mass is 9.91. The third kappa shape index (κ3) is 1.77. The molecule has 2 heterocycles. The summed E-state index contributed by atoms with van der Waals surface area (Å²) in [5.41, 5.74) is 5.68. The number of hydrogen-bond donors (Lipinski definition) is 1. The van der Waals surface area contributed by atoms with Crippen LogP contribution in [0.25, 0.3) is 0 Å². The van der Waals surface area contributed by atoms with Crippen LogP contribution >= 0.6 is 0 Å². The zero-order valence-corrected chi connectivity index (χ0v) is 8.82. The Morgan fingerprint density at radius 3 is 2.64 bits per heavy atom. The van der Waals surface area contributed by atoms with Gasteiger partial charge in [0.15, 0.2) is 0 Å². The number of carbonyl (C=O) groups is 1. The highest BCUT2D eigenvalue weighted by Crippen LogP contribution is 2.25. The molecule has 2 rings (SSSR count).